The predicted molar refractivity (Wildman–Crippen MR) is 103 cm³/mol. The summed E-state index contributed by atoms with van der Waals surface area (Å²) >= 11 is 0. The third kappa shape index (κ3) is 4.06. The van der Waals surface area contributed by atoms with Crippen LogP contribution in [0.3, 0.4) is 0 Å². The number of fused-ring (bicyclic) bond motifs is 1. The van der Waals surface area contributed by atoms with Crippen LogP contribution in [0.15, 0.2) is 24.7 Å². The molecule has 0 fully saturated rings. The first-order valence-corrected chi connectivity index (χ1v) is 10.3. The van der Waals surface area contributed by atoms with Gasteiger partial charge in [0.2, 0.25) is 15.9 Å². The molecule has 0 saturated heterocycles. The van der Waals surface area contributed by atoms with Crippen LogP contribution < -0.4 is 14.5 Å². The number of carbonyl (C=O) groups excluding carboxylic acids is 1. The van der Waals surface area contributed by atoms with E-state index in [4.69, 9.17) is 4.98 Å². The third-order valence-corrected chi connectivity index (χ3v) is 5.02. The van der Waals surface area contributed by atoms with Gasteiger partial charge in [-0.25, -0.2) is 23.1 Å². The first-order chi connectivity index (χ1) is 12.7. The van der Waals surface area contributed by atoms with Crippen LogP contribution >= 0.6 is 0 Å². The molecule has 0 radical (unpaired) electrons. The largest absolute Gasteiger partial charge is 0.343 e. The summed E-state index contributed by atoms with van der Waals surface area (Å²) in [5, 5.41) is 0. The zero-order valence-corrected chi connectivity index (χ0v) is 16.5. The molecule has 0 unspecified atom stereocenters. The molecule has 10 heteroatoms. The number of amides is 1. The van der Waals surface area contributed by atoms with Gasteiger partial charge in [0.15, 0.2) is 11.6 Å². The molecule has 1 N–H and O–H groups in total. The Bertz CT molecular complexity index is 976. The van der Waals surface area contributed by atoms with E-state index in [9.17, 15) is 13.2 Å². The van der Waals surface area contributed by atoms with Crippen LogP contribution in [0.1, 0.15) is 19.4 Å². The first kappa shape index (κ1) is 19.2. The number of hydrogen-bond donors (Lipinski definition) is 1. The van der Waals surface area contributed by atoms with Crippen molar-refractivity contribution in [2.75, 3.05) is 29.6 Å². The van der Waals surface area contributed by atoms with E-state index in [-0.39, 0.29) is 25.0 Å². The molecule has 3 rings (SSSR count). The molecular formula is C17H22N6O3S. The molecule has 2 aromatic heterocycles. The monoisotopic (exact) mass is 390 g/mol. The van der Waals surface area contributed by atoms with Gasteiger partial charge in [0.05, 0.1) is 19.0 Å². The van der Waals surface area contributed by atoms with Gasteiger partial charge in [0, 0.05) is 37.6 Å². The Balaban J connectivity index is 2.05. The summed E-state index contributed by atoms with van der Waals surface area (Å²) in [6.07, 6.45) is 5.92. The first-order valence-electron chi connectivity index (χ1n) is 8.45. The van der Waals surface area contributed by atoms with Gasteiger partial charge in [-0.3, -0.25) is 9.78 Å². The van der Waals surface area contributed by atoms with Crippen LogP contribution in [0, 0.1) is 0 Å². The van der Waals surface area contributed by atoms with E-state index < -0.39 is 10.0 Å². The summed E-state index contributed by atoms with van der Waals surface area (Å²) in [5.41, 5.74) is 2.00. The number of pyridine rings is 1. The van der Waals surface area contributed by atoms with Crippen molar-refractivity contribution in [1.82, 2.24) is 19.7 Å². The minimum atomic E-state index is -3.34. The van der Waals surface area contributed by atoms with Gasteiger partial charge in [0.1, 0.15) is 5.69 Å². The Morgan fingerprint density at radius 2 is 2.04 bits per heavy atom. The Morgan fingerprint density at radius 3 is 2.70 bits per heavy atom. The van der Waals surface area contributed by atoms with Crippen LogP contribution in [-0.4, -0.2) is 55.2 Å². The maximum Gasteiger partial charge on any atom is 0.246 e. The number of aromatic nitrogens is 3. The third-order valence-electron chi connectivity index (χ3n) is 4.36. The van der Waals surface area contributed by atoms with Gasteiger partial charge < -0.3 is 9.80 Å². The molecule has 27 heavy (non-hydrogen) atoms. The van der Waals surface area contributed by atoms with Crippen molar-refractivity contribution >= 4 is 27.4 Å². The number of nitrogens with zero attached hydrogens (tertiary/aromatic N) is 5. The number of anilines is 2. The summed E-state index contributed by atoms with van der Waals surface area (Å²) in [4.78, 5) is 28.9. The van der Waals surface area contributed by atoms with Gasteiger partial charge in [-0.1, -0.05) is 0 Å². The number of sulfonamides is 1. The van der Waals surface area contributed by atoms with Gasteiger partial charge >= 0.3 is 0 Å². The molecule has 0 aliphatic carbocycles. The number of likely N-dealkylation sites (N-methyl/N-ethyl adjacent to an activating group) is 1. The molecule has 1 aliphatic rings. The van der Waals surface area contributed by atoms with Crippen LogP contribution in [0.4, 0.5) is 11.5 Å². The van der Waals surface area contributed by atoms with E-state index in [0.29, 0.717) is 28.5 Å². The smallest absolute Gasteiger partial charge is 0.246 e. The number of nitrogens with one attached hydrogen (secondary N) is 1. The summed E-state index contributed by atoms with van der Waals surface area (Å²) < 4.78 is 25.3. The molecule has 3 heterocycles. The van der Waals surface area contributed by atoms with E-state index in [2.05, 4.69) is 14.7 Å². The van der Waals surface area contributed by atoms with Crippen LogP contribution in [-0.2, 0) is 21.4 Å². The van der Waals surface area contributed by atoms with E-state index in [1.54, 1.807) is 36.6 Å². The van der Waals surface area contributed by atoms with Crippen LogP contribution in [0.2, 0.25) is 0 Å². The molecule has 1 aliphatic heterocycles. The number of rotatable bonds is 5. The fourth-order valence-electron chi connectivity index (χ4n) is 2.83. The minimum absolute atomic E-state index is 0.0190. The highest BCUT2D eigenvalue weighted by Gasteiger charge is 2.30. The van der Waals surface area contributed by atoms with E-state index in [0.717, 1.165) is 6.26 Å². The average Bonchev–Trinajstić information content (AvgIpc) is 2.62. The molecule has 0 aromatic carbocycles. The van der Waals surface area contributed by atoms with Crippen molar-refractivity contribution in [3.8, 4) is 11.4 Å². The van der Waals surface area contributed by atoms with Crippen LogP contribution in [0.5, 0.6) is 0 Å². The van der Waals surface area contributed by atoms with Crippen molar-refractivity contribution in [2.24, 2.45) is 0 Å². The fourth-order valence-corrected chi connectivity index (χ4v) is 3.25. The Kier molecular flexibility index (Phi) is 5.11. The van der Waals surface area contributed by atoms with Gasteiger partial charge in [0.25, 0.3) is 0 Å². The lowest BCUT2D eigenvalue weighted by molar-refractivity contribution is -0.117. The lowest BCUT2D eigenvalue weighted by Crippen LogP contribution is -2.47. The zero-order valence-electron chi connectivity index (χ0n) is 15.7. The molecule has 1 amide bonds. The van der Waals surface area contributed by atoms with E-state index >= 15 is 0 Å². The Morgan fingerprint density at radius 1 is 1.30 bits per heavy atom. The lowest BCUT2D eigenvalue weighted by atomic mass is 10.1. The summed E-state index contributed by atoms with van der Waals surface area (Å²) in [5.74, 6) is 1.11. The maximum absolute atomic E-state index is 12.2. The molecule has 0 bridgehead atoms. The van der Waals surface area contributed by atoms with Crippen LogP contribution in [0.25, 0.3) is 11.4 Å². The van der Waals surface area contributed by atoms with Crippen molar-refractivity contribution < 1.29 is 13.2 Å². The lowest BCUT2D eigenvalue weighted by Gasteiger charge is -2.36. The van der Waals surface area contributed by atoms with Crippen molar-refractivity contribution in [3.05, 3.63) is 30.2 Å². The second-order valence-electron chi connectivity index (χ2n) is 6.70. The summed E-state index contributed by atoms with van der Waals surface area (Å²) in [6, 6.07) is 1.84. The molecule has 144 valence electrons. The van der Waals surface area contributed by atoms with Gasteiger partial charge in [-0.2, -0.15) is 0 Å². The average molecular weight is 390 g/mol. The molecule has 0 spiro atoms. The van der Waals surface area contributed by atoms with Crippen molar-refractivity contribution in [3.63, 3.8) is 0 Å². The quantitative estimate of drug-likeness (QED) is 0.803. The number of carbonyl (C=O) groups is 1. The molecule has 2 aromatic rings. The number of hydrogen-bond acceptors (Lipinski definition) is 7. The normalized spacial score (nSPS) is 14.6. The standard InChI is InChI=1S/C17H22N6O3S/c1-11(2)23-10-15(24)22(3)14-9-19-16(21-17(14)23)13-5-6-18-7-12(13)8-20-27(4,25)26/h5-7,9,11,20H,8,10H2,1-4H3. The Labute approximate surface area is 158 Å². The summed E-state index contributed by atoms with van der Waals surface area (Å²) in [6.45, 7) is 4.33. The highest BCUT2D eigenvalue weighted by molar-refractivity contribution is 7.88. The highest BCUT2D eigenvalue weighted by atomic mass is 32.2. The topological polar surface area (TPSA) is 108 Å². The Hall–Kier alpha value is -2.59. The predicted octanol–water partition coefficient (Wildman–Crippen LogP) is 0.779. The highest BCUT2D eigenvalue weighted by Crippen LogP contribution is 2.33. The maximum atomic E-state index is 12.2. The second-order valence-corrected chi connectivity index (χ2v) is 8.54. The molecule has 0 saturated carbocycles. The molecular weight excluding hydrogens is 368 g/mol. The summed E-state index contributed by atoms with van der Waals surface area (Å²) in [7, 11) is -1.64. The SMILES string of the molecule is CC(C)N1CC(=O)N(C)c2cnc(-c3ccncc3CNS(C)(=O)=O)nc21. The van der Waals surface area contributed by atoms with Crippen molar-refractivity contribution in [1.29, 1.82) is 0 Å². The molecule has 9 nitrogen and oxygen atoms in total. The van der Waals surface area contributed by atoms with Gasteiger partial charge in [-0.05, 0) is 25.5 Å². The van der Waals surface area contributed by atoms with Gasteiger partial charge in [-0.15, -0.1) is 0 Å². The second kappa shape index (κ2) is 7.20. The van der Waals surface area contributed by atoms with E-state index in [1.807, 2.05) is 18.7 Å². The minimum Gasteiger partial charge on any atom is -0.343 e. The molecule has 0 atom stereocenters. The van der Waals surface area contributed by atoms with Crippen molar-refractivity contribution in [2.45, 2.75) is 26.4 Å². The fraction of sp³-hybridized carbons (Fsp3) is 0.412. The zero-order chi connectivity index (χ0) is 19.8. The van der Waals surface area contributed by atoms with E-state index in [1.165, 1.54) is 0 Å².